The van der Waals surface area contributed by atoms with E-state index in [4.69, 9.17) is 4.74 Å². The number of carbonyl (C=O) groups is 2. The molecule has 1 saturated heterocycles. The van der Waals surface area contributed by atoms with Gasteiger partial charge in [-0.15, -0.1) is 0 Å². The van der Waals surface area contributed by atoms with Crippen LogP contribution in [-0.2, 0) is 11.3 Å². The zero-order chi connectivity index (χ0) is 19.2. The Bertz CT molecular complexity index is 852. The van der Waals surface area contributed by atoms with Crippen molar-refractivity contribution in [2.45, 2.75) is 13.0 Å². The zero-order valence-electron chi connectivity index (χ0n) is 15.3. The Hall–Kier alpha value is -3.09. The summed E-state index contributed by atoms with van der Waals surface area (Å²) in [5.41, 5.74) is 0.499. The molecule has 2 aromatic rings. The lowest BCUT2D eigenvalue weighted by Crippen LogP contribution is -2.50. The van der Waals surface area contributed by atoms with Crippen LogP contribution in [0.5, 0.6) is 5.75 Å². The van der Waals surface area contributed by atoms with E-state index in [1.54, 1.807) is 59.5 Å². The number of nitrogens with zero attached hydrogens (tertiary/aromatic N) is 3. The second-order valence-corrected chi connectivity index (χ2v) is 6.38. The van der Waals surface area contributed by atoms with Gasteiger partial charge in [0.1, 0.15) is 5.75 Å². The first-order chi connectivity index (χ1) is 13.1. The van der Waals surface area contributed by atoms with Crippen molar-refractivity contribution < 1.29 is 14.3 Å². The predicted molar refractivity (Wildman–Crippen MR) is 101 cm³/mol. The number of amides is 2. The predicted octanol–water partition coefficient (Wildman–Crippen LogP) is 1.23. The fraction of sp³-hybridized carbons (Fsp3) is 0.350. The topological polar surface area (TPSA) is 71.8 Å². The van der Waals surface area contributed by atoms with Crippen LogP contribution in [0.4, 0.5) is 0 Å². The Morgan fingerprint density at radius 1 is 0.963 bits per heavy atom. The molecule has 0 N–H and O–H groups in total. The van der Waals surface area contributed by atoms with Crippen molar-refractivity contribution in [3.63, 3.8) is 0 Å². The number of aryl methyl sites for hydroxylation is 1. The Labute approximate surface area is 157 Å². The molecule has 0 spiro atoms. The van der Waals surface area contributed by atoms with E-state index in [1.165, 1.54) is 10.6 Å². The summed E-state index contributed by atoms with van der Waals surface area (Å²) in [6.07, 6.45) is 1.96. The molecule has 0 unspecified atom stereocenters. The molecule has 27 heavy (non-hydrogen) atoms. The van der Waals surface area contributed by atoms with E-state index < -0.39 is 0 Å². The molecule has 0 aliphatic carbocycles. The summed E-state index contributed by atoms with van der Waals surface area (Å²) in [6, 6.07) is 12.0. The summed E-state index contributed by atoms with van der Waals surface area (Å²) in [5, 5.41) is 0. The Morgan fingerprint density at radius 3 is 2.26 bits per heavy atom. The first-order valence-corrected chi connectivity index (χ1v) is 8.95. The molecule has 7 heteroatoms. The number of pyridine rings is 1. The quantitative estimate of drug-likeness (QED) is 0.795. The lowest BCUT2D eigenvalue weighted by atomic mass is 10.1. The van der Waals surface area contributed by atoms with Gasteiger partial charge in [0.15, 0.2) is 0 Å². The fourth-order valence-electron chi connectivity index (χ4n) is 3.09. The molecule has 0 saturated carbocycles. The third kappa shape index (κ3) is 4.55. The van der Waals surface area contributed by atoms with Gasteiger partial charge in [-0.3, -0.25) is 14.4 Å². The Kier molecular flexibility index (Phi) is 5.90. The van der Waals surface area contributed by atoms with E-state index in [0.29, 0.717) is 44.0 Å². The number of aromatic nitrogens is 1. The number of methoxy groups -OCH3 is 1. The van der Waals surface area contributed by atoms with Crippen LogP contribution in [0.15, 0.2) is 53.5 Å². The van der Waals surface area contributed by atoms with Gasteiger partial charge in [0, 0.05) is 57.0 Å². The second kappa shape index (κ2) is 8.53. The van der Waals surface area contributed by atoms with Crippen LogP contribution >= 0.6 is 0 Å². The summed E-state index contributed by atoms with van der Waals surface area (Å²) >= 11 is 0. The largest absolute Gasteiger partial charge is 0.497 e. The maximum absolute atomic E-state index is 12.6. The molecular weight excluding hydrogens is 346 g/mol. The standard InChI is InChI=1S/C20H23N3O4/c1-27-17-7-5-16(6-8-17)20(26)23-14-12-22(13-15-23)19(25)9-11-21-10-3-2-4-18(21)24/h2-8,10H,9,11-15H2,1H3. The summed E-state index contributed by atoms with van der Waals surface area (Å²) < 4.78 is 6.64. The molecular formula is C20H23N3O4. The molecule has 2 amide bonds. The minimum atomic E-state index is -0.111. The van der Waals surface area contributed by atoms with Gasteiger partial charge in [-0.2, -0.15) is 0 Å². The summed E-state index contributed by atoms with van der Waals surface area (Å²) in [4.78, 5) is 40.2. The average Bonchev–Trinajstić information content (AvgIpc) is 2.72. The lowest BCUT2D eigenvalue weighted by molar-refractivity contribution is -0.132. The Balaban J connectivity index is 1.50. The van der Waals surface area contributed by atoms with Crippen LogP contribution in [0.3, 0.4) is 0 Å². The maximum atomic E-state index is 12.6. The second-order valence-electron chi connectivity index (χ2n) is 6.38. The van der Waals surface area contributed by atoms with E-state index in [-0.39, 0.29) is 23.8 Å². The summed E-state index contributed by atoms with van der Waals surface area (Å²) in [5.74, 6) is 0.669. The zero-order valence-corrected chi connectivity index (χ0v) is 15.3. The molecule has 0 radical (unpaired) electrons. The molecule has 0 atom stereocenters. The van der Waals surface area contributed by atoms with Gasteiger partial charge in [-0.1, -0.05) is 6.07 Å². The molecule has 3 rings (SSSR count). The van der Waals surface area contributed by atoms with Crippen molar-refractivity contribution >= 4 is 11.8 Å². The van der Waals surface area contributed by atoms with Crippen LogP contribution in [0.25, 0.3) is 0 Å². The van der Waals surface area contributed by atoms with Crippen LogP contribution in [0.1, 0.15) is 16.8 Å². The third-order valence-electron chi connectivity index (χ3n) is 4.72. The molecule has 1 aromatic heterocycles. The molecule has 1 fully saturated rings. The number of piperazine rings is 1. The number of carbonyl (C=O) groups excluding carboxylic acids is 2. The highest BCUT2D eigenvalue weighted by Crippen LogP contribution is 2.14. The molecule has 142 valence electrons. The van der Waals surface area contributed by atoms with Crippen molar-refractivity contribution in [3.8, 4) is 5.75 Å². The van der Waals surface area contributed by atoms with Crippen molar-refractivity contribution in [3.05, 3.63) is 64.6 Å². The third-order valence-corrected chi connectivity index (χ3v) is 4.72. The molecule has 1 aliphatic heterocycles. The first kappa shape index (κ1) is 18.7. The number of hydrogen-bond acceptors (Lipinski definition) is 4. The molecule has 0 bridgehead atoms. The van der Waals surface area contributed by atoms with Gasteiger partial charge in [0.05, 0.1) is 7.11 Å². The van der Waals surface area contributed by atoms with Gasteiger partial charge in [0.2, 0.25) is 5.91 Å². The SMILES string of the molecule is COc1ccc(C(=O)N2CCN(C(=O)CCn3ccccc3=O)CC2)cc1. The summed E-state index contributed by atoms with van der Waals surface area (Å²) in [6.45, 7) is 2.38. The fourth-order valence-corrected chi connectivity index (χ4v) is 3.09. The van der Waals surface area contributed by atoms with Gasteiger partial charge >= 0.3 is 0 Å². The van der Waals surface area contributed by atoms with Crippen LogP contribution in [0.2, 0.25) is 0 Å². The van der Waals surface area contributed by atoms with E-state index >= 15 is 0 Å². The van der Waals surface area contributed by atoms with Gasteiger partial charge in [0.25, 0.3) is 11.5 Å². The van der Waals surface area contributed by atoms with Gasteiger partial charge < -0.3 is 19.1 Å². The lowest BCUT2D eigenvalue weighted by Gasteiger charge is -2.35. The normalized spacial score (nSPS) is 14.1. The highest BCUT2D eigenvalue weighted by atomic mass is 16.5. The van der Waals surface area contributed by atoms with Gasteiger partial charge in [-0.05, 0) is 30.3 Å². The number of rotatable bonds is 5. The van der Waals surface area contributed by atoms with Crippen molar-refractivity contribution in [1.29, 1.82) is 0 Å². The van der Waals surface area contributed by atoms with E-state index in [9.17, 15) is 14.4 Å². The van der Waals surface area contributed by atoms with E-state index in [0.717, 1.165) is 0 Å². The number of benzene rings is 1. The van der Waals surface area contributed by atoms with Crippen LogP contribution in [0, 0.1) is 0 Å². The maximum Gasteiger partial charge on any atom is 0.253 e. The monoisotopic (exact) mass is 369 g/mol. The van der Waals surface area contributed by atoms with Crippen molar-refractivity contribution in [2.75, 3.05) is 33.3 Å². The van der Waals surface area contributed by atoms with Gasteiger partial charge in [-0.25, -0.2) is 0 Å². The van der Waals surface area contributed by atoms with E-state index in [1.807, 2.05) is 0 Å². The molecule has 2 heterocycles. The smallest absolute Gasteiger partial charge is 0.253 e. The molecule has 1 aliphatic rings. The summed E-state index contributed by atoms with van der Waals surface area (Å²) in [7, 11) is 1.58. The minimum absolute atomic E-state index is 0.00213. The highest BCUT2D eigenvalue weighted by Gasteiger charge is 2.24. The van der Waals surface area contributed by atoms with Crippen molar-refractivity contribution in [1.82, 2.24) is 14.4 Å². The molecule has 7 nitrogen and oxygen atoms in total. The first-order valence-electron chi connectivity index (χ1n) is 8.95. The molecule has 1 aromatic carbocycles. The van der Waals surface area contributed by atoms with Crippen LogP contribution in [-0.4, -0.2) is 59.5 Å². The number of hydrogen-bond donors (Lipinski definition) is 0. The Morgan fingerprint density at radius 2 is 1.63 bits per heavy atom. The number of ether oxygens (including phenoxy) is 1. The van der Waals surface area contributed by atoms with E-state index in [2.05, 4.69) is 0 Å². The van der Waals surface area contributed by atoms with Crippen molar-refractivity contribution in [2.24, 2.45) is 0 Å². The average molecular weight is 369 g/mol. The minimum Gasteiger partial charge on any atom is -0.497 e. The van der Waals surface area contributed by atoms with Crippen LogP contribution < -0.4 is 10.3 Å². The highest BCUT2D eigenvalue weighted by molar-refractivity contribution is 5.94.